The minimum absolute atomic E-state index is 0. The number of fused-ring (bicyclic) bond motifs is 2. The van der Waals surface area contributed by atoms with Crippen LogP contribution in [0.15, 0.2) is 40.1 Å². The van der Waals surface area contributed by atoms with Crippen molar-refractivity contribution in [2.45, 2.75) is 26.8 Å². The predicted octanol–water partition coefficient (Wildman–Crippen LogP) is 0.510. The van der Waals surface area contributed by atoms with Crippen molar-refractivity contribution in [2.75, 3.05) is 0 Å². The number of pyridine rings is 1. The van der Waals surface area contributed by atoms with Gasteiger partial charge >= 0.3 is 41.2 Å². The second-order valence-electron chi connectivity index (χ2n) is 7.82. The number of carbonyl (C=O) groups is 1. The van der Waals surface area contributed by atoms with Gasteiger partial charge in [-0.25, -0.2) is 14.0 Å². The number of carboxylic acid groups (broad SMARTS) is 1. The topological polar surface area (TPSA) is 94.2 Å². The summed E-state index contributed by atoms with van der Waals surface area (Å²) in [4.78, 5) is 42.6. The molecule has 162 valence electrons. The number of halogens is 1. The number of carboxylic acids is 1. The summed E-state index contributed by atoms with van der Waals surface area (Å²) in [7, 11) is 1.35. The average molecular weight is 465 g/mol. The van der Waals surface area contributed by atoms with E-state index in [4.69, 9.17) is 0 Å². The van der Waals surface area contributed by atoms with Crippen LogP contribution in [0.25, 0.3) is 21.1 Å². The third-order valence-corrected chi connectivity index (χ3v) is 6.38. The number of aromatic nitrogens is 3. The van der Waals surface area contributed by atoms with Crippen LogP contribution in [0, 0.1) is 11.7 Å². The molecule has 3 aromatic heterocycles. The van der Waals surface area contributed by atoms with E-state index in [0.717, 1.165) is 15.9 Å². The number of aromatic carboxylic acids is 1. The summed E-state index contributed by atoms with van der Waals surface area (Å²) in [6, 6.07) is 6.32. The van der Waals surface area contributed by atoms with Gasteiger partial charge in [0.1, 0.15) is 16.2 Å². The van der Waals surface area contributed by atoms with Crippen LogP contribution in [0.3, 0.4) is 0 Å². The van der Waals surface area contributed by atoms with E-state index in [1.54, 1.807) is 18.2 Å². The molecule has 4 rings (SSSR count). The van der Waals surface area contributed by atoms with Crippen molar-refractivity contribution in [3.63, 3.8) is 0 Å². The van der Waals surface area contributed by atoms with Crippen LogP contribution >= 0.6 is 11.3 Å². The molecule has 0 radical (unpaired) electrons. The molecular weight excluding hydrogens is 444 g/mol. The number of nitrogens with zero attached hydrogens (tertiary/aromatic N) is 3. The van der Waals surface area contributed by atoms with Gasteiger partial charge < -0.3 is 6.53 Å². The molecule has 4 aromatic rings. The minimum Gasteiger partial charge on any atom is -1.00 e. The third kappa shape index (κ3) is 4.05. The molecule has 10 heteroatoms. The maximum absolute atomic E-state index is 14.2. The summed E-state index contributed by atoms with van der Waals surface area (Å²) in [5.74, 6) is -1.59. The number of hydrogen-bond acceptors (Lipinski definition) is 5. The molecule has 1 aromatic carbocycles. The molecule has 0 unspecified atom stereocenters. The Morgan fingerprint density at radius 1 is 1.28 bits per heavy atom. The molecule has 0 saturated heterocycles. The molecule has 1 N–H and O–H groups in total. The first-order chi connectivity index (χ1) is 14.7. The van der Waals surface area contributed by atoms with E-state index in [1.807, 2.05) is 13.8 Å². The molecule has 0 bridgehead atoms. The Labute approximate surface area is 209 Å². The normalized spacial score (nSPS) is 11.3. The maximum Gasteiger partial charge on any atom is 1.00 e. The Morgan fingerprint density at radius 2 is 2.00 bits per heavy atom. The van der Waals surface area contributed by atoms with Gasteiger partial charge in [0.2, 0.25) is 0 Å². The first-order valence-corrected chi connectivity index (χ1v) is 10.5. The Balaban J connectivity index is 0.00000193. The van der Waals surface area contributed by atoms with Gasteiger partial charge in [0, 0.05) is 36.5 Å². The molecule has 7 nitrogen and oxygen atoms in total. The number of para-hydroxylation sites is 1. The Bertz CT molecular complexity index is 1480. The van der Waals surface area contributed by atoms with Gasteiger partial charge in [0.25, 0.3) is 5.56 Å². The summed E-state index contributed by atoms with van der Waals surface area (Å²) >= 11 is 1.12. The van der Waals surface area contributed by atoms with Gasteiger partial charge in [0.15, 0.2) is 0 Å². The van der Waals surface area contributed by atoms with Crippen LogP contribution in [0.4, 0.5) is 4.39 Å². The SMILES string of the molecule is CC(C)Cn1c(=O)n(C)c(=O)c2c(C(=O)O)c(Cc3ccnc4c(F)cccc34)sc21.[H-].[Na+]. The van der Waals surface area contributed by atoms with Gasteiger partial charge in [-0.2, -0.15) is 0 Å². The Morgan fingerprint density at radius 3 is 2.66 bits per heavy atom. The average Bonchev–Trinajstić information content (AvgIpc) is 3.09. The molecule has 0 aliphatic carbocycles. The van der Waals surface area contributed by atoms with E-state index in [1.165, 1.54) is 23.9 Å². The minimum atomic E-state index is -1.24. The molecule has 0 aliphatic rings. The third-order valence-electron chi connectivity index (χ3n) is 5.17. The summed E-state index contributed by atoms with van der Waals surface area (Å²) in [5, 5.41) is 10.5. The van der Waals surface area contributed by atoms with Crippen molar-refractivity contribution in [2.24, 2.45) is 13.0 Å². The van der Waals surface area contributed by atoms with Crippen LogP contribution in [0.2, 0.25) is 0 Å². The van der Waals surface area contributed by atoms with E-state index in [9.17, 15) is 23.9 Å². The first-order valence-electron chi connectivity index (χ1n) is 9.71. The second kappa shape index (κ2) is 9.27. The Kier molecular flexibility index (Phi) is 7.04. The molecule has 0 fully saturated rings. The molecule has 0 aliphatic heterocycles. The van der Waals surface area contributed by atoms with Gasteiger partial charge in [0.05, 0.1) is 10.9 Å². The fourth-order valence-electron chi connectivity index (χ4n) is 3.78. The van der Waals surface area contributed by atoms with E-state index in [2.05, 4.69) is 4.98 Å². The number of benzene rings is 1. The predicted molar refractivity (Wildman–Crippen MR) is 119 cm³/mol. The van der Waals surface area contributed by atoms with Gasteiger partial charge in [-0.3, -0.25) is 18.9 Å². The number of thiophene rings is 1. The van der Waals surface area contributed by atoms with Crippen LogP contribution in [0.1, 0.15) is 36.1 Å². The van der Waals surface area contributed by atoms with Crippen molar-refractivity contribution in [3.8, 4) is 0 Å². The first kappa shape index (κ1) is 24.3. The van der Waals surface area contributed by atoms with Gasteiger partial charge in [-0.15, -0.1) is 11.3 Å². The van der Waals surface area contributed by atoms with Crippen LogP contribution in [-0.2, 0) is 20.0 Å². The van der Waals surface area contributed by atoms with Crippen molar-refractivity contribution < 1.29 is 45.3 Å². The quantitative estimate of drug-likeness (QED) is 0.434. The smallest absolute Gasteiger partial charge is 1.00 e. The molecule has 3 heterocycles. The largest absolute Gasteiger partial charge is 1.00 e. The molecule has 32 heavy (non-hydrogen) atoms. The number of rotatable bonds is 5. The van der Waals surface area contributed by atoms with E-state index in [-0.39, 0.29) is 59.8 Å². The van der Waals surface area contributed by atoms with E-state index >= 15 is 0 Å². The van der Waals surface area contributed by atoms with E-state index < -0.39 is 23.0 Å². The summed E-state index contributed by atoms with van der Waals surface area (Å²) in [6.45, 7) is 4.23. The van der Waals surface area contributed by atoms with Crippen molar-refractivity contribution in [1.82, 2.24) is 14.1 Å². The Hall–Kier alpha value is -2.33. The maximum atomic E-state index is 14.2. The summed E-state index contributed by atoms with van der Waals surface area (Å²) in [5.41, 5.74) is -0.337. The monoisotopic (exact) mass is 465 g/mol. The molecular formula is C22H21FN3NaO4S. The molecule has 0 amide bonds. The molecule has 0 atom stereocenters. The summed E-state index contributed by atoms with van der Waals surface area (Å²) in [6.07, 6.45) is 1.64. The van der Waals surface area contributed by atoms with Crippen molar-refractivity contribution >= 4 is 38.4 Å². The fraction of sp³-hybridized carbons (Fsp3) is 0.273. The second-order valence-corrected chi connectivity index (χ2v) is 8.90. The number of hydrogen-bond donors (Lipinski definition) is 1. The fourth-order valence-corrected chi connectivity index (χ4v) is 5.08. The van der Waals surface area contributed by atoms with Crippen LogP contribution < -0.4 is 40.8 Å². The van der Waals surface area contributed by atoms with Crippen LogP contribution in [0.5, 0.6) is 0 Å². The van der Waals surface area contributed by atoms with Crippen molar-refractivity contribution in [1.29, 1.82) is 0 Å². The standard InChI is InChI=1S/C22H20FN3O4S.Na.H/c1-11(2)10-26-20-17(19(27)25(3)22(26)30)16(21(28)29)15(31-20)9-12-7-8-24-18-13(12)5-4-6-14(18)23;;/h4-8,11H,9-10H2,1-3H3,(H,28,29);;/q;+1;-1. The van der Waals surface area contributed by atoms with Crippen LogP contribution in [-0.4, -0.2) is 25.2 Å². The van der Waals surface area contributed by atoms with Gasteiger partial charge in [-0.1, -0.05) is 26.0 Å². The van der Waals surface area contributed by atoms with E-state index in [0.29, 0.717) is 27.2 Å². The zero-order valence-electron chi connectivity index (χ0n) is 19.2. The molecule has 0 spiro atoms. The molecule has 0 saturated carbocycles. The van der Waals surface area contributed by atoms with Crippen molar-refractivity contribution in [3.05, 3.63) is 73.1 Å². The zero-order chi connectivity index (χ0) is 22.4. The van der Waals surface area contributed by atoms with Gasteiger partial charge in [-0.05, 0) is 23.6 Å². The zero-order valence-corrected chi connectivity index (χ0v) is 21.0. The summed E-state index contributed by atoms with van der Waals surface area (Å²) < 4.78 is 16.6.